The highest BCUT2D eigenvalue weighted by molar-refractivity contribution is 7.92. The number of halogens is 3. The summed E-state index contributed by atoms with van der Waals surface area (Å²) in [6, 6.07) is 5.21. The molecular formula is C18H23F3NO2S. The molecule has 0 bridgehead atoms. The van der Waals surface area contributed by atoms with E-state index in [9.17, 15) is 21.6 Å². The molecule has 0 aliphatic heterocycles. The van der Waals surface area contributed by atoms with E-state index in [0.717, 1.165) is 25.3 Å². The topological polar surface area (TPSA) is 57.9 Å². The first-order valence-electron chi connectivity index (χ1n) is 8.45. The Labute approximate surface area is 147 Å². The van der Waals surface area contributed by atoms with Crippen LogP contribution in [0.3, 0.4) is 0 Å². The summed E-state index contributed by atoms with van der Waals surface area (Å²) in [6.07, 6.45) is -0.169. The van der Waals surface area contributed by atoms with Crippen molar-refractivity contribution in [3.05, 3.63) is 29.3 Å². The molecular weight excluding hydrogens is 351 g/mol. The smallest absolute Gasteiger partial charge is 0.223 e. The largest absolute Gasteiger partial charge is 0.417 e. The van der Waals surface area contributed by atoms with E-state index in [2.05, 4.69) is 6.07 Å². The van der Waals surface area contributed by atoms with E-state index in [1.165, 1.54) is 0 Å². The molecule has 3 nitrogen and oxygen atoms in total. The number of sulfone groups is 1. The van der Waals surface area contributed by atoms with Crippen LogP contribution in [-0.4, -0.2) is 13.7 Å². The molecule has 0 fully saturated rings. The molecule has 0 aromatic heterocycles. The lowest BCUT2D eigenvalue weighted by Gasteiger charge is -2.20. The molecule has 0 saturated heterocycles. The van der Waals surface area contributed by atoms with Crippen molar-refractivity contribution in [3.63, 3.8) is 0 Å². The van der Waals surface area contributed by atoms with Crippen LogP contribution in [0.2, 0.25) is 0 Å². The van der Waals surface area contributed by atoms with Crippen molar-refractivity contribution in [3.8, 4) is 6.07 Å². The third-order valence-electron chi connectivity index (χ3n) is 4.07. The van der Waals surface area contributed by atoms with Crippen molar-refractivity contribution in [2.45, 2.75) is 75.1 Å². The summed E-state index contributed by atoms with van der Waals surface area (Å²) in [5, 5.41) is 8.04. The van der Waals surface area contributed by atoms with Gasteiger partial charge >= 0.3 is 6.18 Å². The van der Waals surface area contributed by atoms with Gasteiger partial charge in [-0.05, 0) is 25.0 Å². The molecule has 0 aliphatic rings. The molecule has 7 heteroatoms. The van der Waals surface area contributed by atoms with Crippen LogP contribution in [0.1, 0.15) is 69.9 Å². The maximum atomic E-state index is 13.2. The highest BCUT2D eigenvalue weighted by Gasteiger charge is 2.39. The van der Waals surface area contributed by atoms with Gasteiger partial charge in [-0.25, -0.2) is 8.42 Å². The minimum atomic E-state index is -4.81. The average Bonchev–Trinajstić information content (AvgIpc) is 2.56. The van der Waals surface area contributed by atoms with Gasteiger partial charge < -0.3 is 0 Å². The highest BCUT2D eigenvalue weighted by atomic mass is 32.2. The first kappa shape index (κ1) is 21.5. The van der Waals surface area contributed by atoms with Crippen LogP contribution in [0.25, 0.3) is 0 Å². The molecule has 1 radical (unpaired) electrons. The molecule has 139 valence electrons. The predicted molar refractivity (Wildman–Crippen MR) is 89.6 cm³/mol. The SMILES string of the molecule is CCCCCCC(CCC)S(=O)(=O)c1cc(C#N)[c]cc1C(F)(F)F. The number of hydrogen-bond donors (Lipinski definition) is 0. The van der Waals surface area contributed by atoms with Crippen molar-refractivity contribution >= 4 is 9.84 Å². The predicted octanol–water partition coefficient (Wildman–Crippen LogP) is 5.29. The zero-order valence-electron chi connectivity index (χ0n) is 14.5. The second kappa shape index (κ2) is 9.23. The van der Waals surface area contributed by atoms with E-state index < -0.39 is 31.7 Å². The van der Waals surface area contributed by atoms with Crippen LogP contribution in [-0.2, 0) is 16.0 Å². The molecule has 0 heterocycles. The highest BCUT2D eigenvalue weighted by Crippen LogP contribution is 2.37. The molecule has 0 saturated carbocycles. The van der Waals surface area contributed by atoms with Gasteiger partial charge in [0.25, 0.3) is 0 Å². The number of hydrogen-bond acceptors (Lipinski definition) is 3. The van der Waals surface area contributed by atoms with Crippen LogP contribution in [0.15, 0.2) is 17.0 Å². The lowest BCUT2D eigenvalue weighted by molar-refractivity contribution is -0.139. The van der Waals surface area contributed by atoms with E-state index in [1.807, 2.05) is 6.92 Å². The Bertz CT molecular complexity index is 706. The molecule has 1 aromatic carbocycles. The van der Waals surface area contributed by atoms with Crippen molar-refractivity contribution < 1.29 is 21.6 Å². The second-order valence-electron chi connectivity index (χ2n) is 6.04. The van der Waals surface area contributed by atoms with Gasteiger partial charge in [0.2, 0.25) is 0 Å². The van der Waals surface area contributed by atoms with Gasteiger partial charge in [-0.1, -0.05) is 46.0 Å². The van der Waals surface area contributed by atoms with Gasteiger partial charge in [-0.3, -0.25) is 0 Å². The van der Waals surface area contributed by atoms with Crippen LogP contribution in [0.5, 0.6) is 0 Å². The summed E-state index contributed by atoms with van der Waals surface area (Å²) in [5.41, 5.74) is -1.46. The van der Waals surface area contributed by atoms with Gasteiger partial charge in [0, 0.05) is 6.07 Å². The summed E-state index contributed by atoms with van der Waals surface area (Å²) in [6.45, 7) is 3.83. The molecule has 1 atom stereocenters. The zero-order valence-corrected chi connectivity index (χ0v) is 15.3. The standard InChI is InChI=1S/C18H23F3NO2S/c1-3-5-6-7-9-15(8-4-2)25(23,24)17-12-14(13-22)10-11-16(17)18(19,20)21/h11-12,15H,3-9H2,1-2H3. The first-order chi connectivity index (χ1) is 11.7. The van der Waals surface area contributed by atoms with Crippen molar-refractivity contribution in [2.24, 2.45) is 0 Å². The normalized spacial score (nSPS) is 13.4. The van der Waals surface area contributed by atoms with E-state index in [-0.39, 0.29) is 5.56 Å². The Hall–Kier alpha value is -1.55. The second-order valence-corrected chi connectivity index (χ2v) is 8.24. The fourth-order valence-corrected chi connectivity index (χ4v) is 4.89. The lowest BCUT2D eigenvalue weighted by atomic mass is 10.1. The third-order valence-corrected chi connectivity index (χ3v) is 6.37. The maximum absolute atomic E-state index is 13.2. The van der Waals surface area contributed by atoms with E-state index in [0.29, 0.717) is 31.7 Å². The van der Waals surface area contributed by atoms with E-state index >= 15 is 0 Å². The van der Waals surface area contributed by atoms with Crippen molar-refractivity contribution in [1.82, 2.24) is 0 Å². The van der Waals surface area contributed by atoms with Gasteiger partial charge in [0.1, 0.15) is 0 Å². The fraction of sp³-hybridized carbons (Fsp3) is 0.611. The van der Waals surface area contributed by atoms with Crippen LogP contribution >= 0.6 is 0 Å². The lowest BCUT2D eigenvalue weighted by Crippen LogP contribution is -2.25. The minimum absolute atomic E-state index is 0.215. The molecule has 0 aliphatic carbocycles. The summed E-state index contributed by atoms with van der Waals surface area (Å²) in [4.78, 5) is -0.802. The minimum Gasteiger partial charge on any atom is -0.223 e. The van der Waals surface area contributed by atoms with Crippen LogP contribution in [0, 0.1) is 17.4 Å². The van der Waals surface area contributed by atoms with Gasteiger partial charge in [0.05, 0.1) is 27.3 Å². The van der Waals surface area contributed by atoms with Crippen LogP contribution < -0.4 is 0 Å². The van der Waals surface area contributed by atoms with Crippen molar-refractivity contribution in [1.29, 1.82) is 5.26 Å². The summed E-state index contributed by atoms with van der Waals surface area (Å²) in [7, 11) is -4.19. The number of unbranched alkanes of at least 4 members (excludes halogenated alkanes) is 3. The molecule has 1 unspecified atom stereocenters. The molecule has 0 amide bonds. The third kappa shape index (κ3) is 5.74. The van der Waals surface area contributed by atoms with Gasteiger partial charge in [-0.15, -0.1) is 0 Å². The van der Waals surface area contributed by atoms with Crippen LogP contribution in [0.4, 0.5) is 13.2 Å². The quantitative estimate of drug-likeness (QED) is 0.552. The molecule has 25 heavy (non-hydrogen) atoms. The number of alkyl halides is 3. The zero-order chi connectivity index (χ0) is 19.1. The number of rotatable bonds is 9. The molecule has 1 rings (SSSR count). The molecule has 0 spiro atoms. The Morgan fingerprint density at radius 1 is 1.16 bits per heavy atom. The number of benzene rings is 1. The number of nitriles is 1. The van der Waals surface area contributed by atoms with Crippen molar-refractivity contribution in [2.75, 3.05) is 0 Å². The molecule has 0 N–H and O–H groups in total. The summed E-state index contributed by atoms with van der Waals surface area (Å²) < 4.78 is 65.5. The van der Waals surface area contributed by atoms with Gasteiger partial charge in [-0.2, -0.15) is 18.4 Å². The average molecular weight is 374 g/mol. The fourth-order valence-electron chi connectivity index (χ4n) is 2.75. The maximum Gasteiger partial charge on any atom is 0.417 e. The van der Waals surface area contributed by atoms with E-state index in [4.69, 9.17) is 5.26 Å². The Morgan fingerprint density at radius 3 is 2.36 bits per heavy atom. The van der Waals surface area contributed by atoms with E-state index in [1.54, 1.807) is 13.0 Å². The first-order valence-corrected chi connectivity index (χ1v) is 10.00. The Kier molecular flexibility index (Phi) is 7.94. The summed E-state index contributed by atoms with van der Waals surface area (Å²) >= 11 is 0. The molecule has 1 aromatic rings. The Balaban J connectivity index is 3.30. The van der Waals surface area contributed by atoms with Gasteiger partial charge in [0.15, 0.2) is 9.84 Å². The summed E-state index contributed by atoms with van der Waals surface area (Å²) in [5.74, 6) is 0. The Morgan fingerprint density at radius 2 is 1.84 bits per heavy atom. The monoisotopic (exact) mass is 374 g/mol. The number of nitrogens with zero attached hydrogens (tertiary/aromatic N) is 1.